The quantitative estimate of drug-likeness (QED) is 0.220. The fourth-order valence-electron chi connectivity index (χ4n) is 4.60. The summed E-state index contributed by atoms with van der Waals surface area (Å²) < 4.78 is 5.82. The Balaban J connectivity index is 2.15. The number of rotatable bonds is 5. The molecule has 2 amide bonds. The fraction of sp³-hybridized carbons (Fsp3) is 0.455. The van der Waals surface area contributed by atoms with Crippen LogP contribution in [0.3, 0.4) is 0 Å². The molecule has 1 aromatic carbocycles. The van der Waals surface area contributed by atoms with Gasteiger partial charge < -0.3 is 26.0 Å². The number of nitrogens with one attached hydrogen (secondary N) is 1. The number of ether oxygens (including phenoxy) is 1. The molecule has 5 N–H and O–H groups in total. The van der Waals surface area contributed by atoms with E-state index >= 15 is 0 Å². The molecule has 1 aliphatic heterocycles. The molecule has 0 saturated heterocycles. The van der Waals surface area contributed by atoms with Crippen LogP contribution in [0.2, 0.25) is 0 Å². The molecule has 0 spiro atoms. The van der Waals surface area contributed by atoms with Crippen molar-refractivity contribution in [3.63, 3.8) is 0 Å². The summed E-state index contributed by atoms with van der Waals surface area (Å²) in [5.74, 6) is 6.18. The molecule has 0 bridgehead atoms. The summed E-state index contributed by atoms with van der Waals surface area (Å²) in [6.45, 7) is 9.91. The monoisotopic (exact) mass is 626 g/mol. The van der Waals surface area contributed by atoms with Gasteiger partial charge in [-0.1, -0.05) is 89.0 Å². The molecule has 2 rings (SSSR count). The highest BCUT2D eigenvalue weighted by Gasteiger charge is 2.28. The van der Waals surface area contributed by atoms with E-state index in [-0.39, 0.29) is 41.6 Å². The van der Waals surface area contributed by atoms with Crippen molar-refractivity contribution in [1.82, 2.24) is 5.32 Å². The second-order valence-corrected chi connectivity index (χ2v) is 12.2. The number of aliphatic hydroxyl groups excluding tert-OH is 1. The van der Waals surface area contributed by atoms with Crippen molar-refractivity contribution in [3.8, 4) is 17.6 Å². The Bertz CT molecular complexity index is 1220. The van der Waals surface area contributed by atoms with E-state index in [0.717, 1.165) is 0 Å². The third-order valence-electron chi connectivity index (χ3n) is 7.08. The minimum atomic E-state index is -0.860. The summed E-state index contributed by atoms with van der Waals surface area (Å²) in [6.07, 6.45) is 14.7. The van der Waals surface area contributed by atoms with Crippen molar-refractivity contribution in [2.45, 2.75) is 72.1 Å². The number of carbonyl (C=O) groups excluding carboxylic acids is 2. The molecule has 7 nitrogen and oxygen atoms in total. The van der Waals surface area contributed by atoms with Gasteiger partial charge in [-0.3, -0.25) is 4.79 Å². The van der Waals surface area contributed by atoms with Gasteiger partial charge in [0, 0.05) is 5.41 Å². The van der Waals surface area contributed by atoms with Gasteiger partial charge in [0.25, 0.3) is 0 Å². The van der Waals surface area contributed by atoms with E-state index in [9.17, 15) is 19.8 Å². The van der Waals surface area contributed by atoms with E-state index in [4.69, 9.17) is 10.5 Å². The lowest BCUT2D eigenvalue weighted by Crippen LogP contribution is -2.36. The molecule has 0 radical (unpaired) electrons. The zero-order valence-corrected chi connectivity index (χ0v) is 26.1. The van der Waals surface area contributed by atoms with Crippen LogP contribution in [0.25, 0.3) is 0 Å². The number of halogens is 1. The number of nitrogens with two attached hydrogens (primary N) is 1. The maximum Gasteiger partial charge on any atom is 0.404 e. The van der Waals surface area contributed by atoms with E-state index in [0.29, 0.717) is 29.3 Å². The first-order valence-electron chi connectivity index (χ1n) is 13.9. The highest BCUT2D eigenvalue weighted by Crippen LogP contribution is 2.40. The number of phenolic OH excluding ortho intramolecular Hbond substituents is 1. The van der Waals surface area contributed by atoms with Crippen LogP contribution in [0, 0.1) is 35.0 Å². The SMILES string of the molecule is C[C@H]1C/C=C\C(=O)N[C@@H](/C=C/C#C/C=C/C(C)(C)[C@@H](O)c2cccc(O)c2Br)[C@H](C)/C=C/[C@@H](C)C[C@@H](OC(N)=O)C1. The molecule has 0 unspecified atom stereocenters. The van der Waals surface area contributed by atoms with Gasteiger partial charge in [-0.2, -0.15) is 0 Å². The molecule has 0 aliphatic carbocycles. The minimum absolute atomic E-state index is 0.0180. The van der Waals surface area contributed by atoms with Crippen molar-refractivity contribution in [1.29, 1.82) is 0 Å². The van der Waals surface area contributed by atoms with Crippen LogP contribution < -0.4 is 11.1 Å². The van der Waals surface area contributed by atoms with Crippen LogP contribution in [0.1, 0.15) is 65.5 Å². The Morgan fingerprint density at radius 2 is 1.90 bits per heavy atom. The number of primary amides is 1. The maximum absolute atomic E-state index is 12.6. The van der Waals surface area contributed by atoms with E-state index in [1.165, 1.54) is 0 Å². The van der Waals surface area contributed by atoms with Crippen molar-refractivity contribution < 1.29 is 24.5 Å². The molecular weight excluding hydrogens is 584 g/mol. The molecule has 8 heteroatoms. The third kappa shape index (κ3) is 11.6. The zero-order chi connectivity index (χ0) is 30.6. The van der Waals surface area contributed by atoms with Gasteiger partial charge >= 0.3 is 6.09 Å². The van der Waals surface area contributed by atoms with Crippen LogP contribution in [0.5, 0.6) is 5.75 Å². The normalized spacial score (nSPS) is 26.8. The predicted octanol–water partition coefficient (Wildman–Crippen LogP) is 6.48. The molecule has 0 saturated carbocycles. The van der Waals surface area contributed by atoms with E-state index in [1.807, 2.05) is 39.0 Å². The molecule has 1 aliphatic rings. The summed E-state index contributed by atoms with van der Waals surface area (Å²) in [4.78, 5) is 24.0. The van der Waals surface area contributed by atoms with Gasteiger partial charge in [0.15, 0.2) is 0 Å². The van der Waals surface area contributed by atoms with Crippen molar-refractivity contribution in [3.05, 3.63) is 76.8 Å². The first-order valence-corrected chi connectivity index (χ1v) is 14.7. The summed E-state index contributed by atoms with van der Waals surface area (Å²) >= 11 is 3.34. The standard InChI is InChI=1S/C33H43BrN2O5/c1-22-12-10-16-29(38)36-27(24(3)18-17-23(2)21-25(20-22)41-32(35)40)14-8-6-7-9-19-33(4,5)31(39)26-13-11-15-28(37)30(26)34/h8-11,13-19,22-25,27,31,37,39H,12,20-21H2,1-5H3,(H2,35,40)(H,36,38)/b14-8+,16-10-,18-17+,19-9+/t22-,23+,24+,25-,27-,31-/m0/s1. The number of aromatic hydroxyl groups is 1. The zero-order valence-electron chi connectivity index (χ0n) is 24.5. The lowest BCUT2D eigenvalue weighted by atomic mass is 9.82. The highest BCUT2D eigenvalue weighted by atomic mass is 79.9. The van der Waals surface area contributed by atoms with Crippen molar-refractivity contribution in [2.24, 2.45) is 28.9 Å². The smallest absolute Gasteiger partial charge is 0.404 e. The van der Waals surface area contributed by atoms with Gasteiger partial charge in [-0.15, -0.1) is 0 Å². The number of amides is 2. The Labute approximate surface area is 252 Å². The Kier molecular flexibility index (Phi) is 13.4. The molecule has 0 aromatic heterocycles. The molecule has 6 atom stereocenters. The van der Waals surface area contributed by atoms with Crippen molar-refractivity contribution >= 4 is 27.9 Å². The first kappa shape index (κ1) is 33.9. The van der Waals surface area contributed by atoms with Crippen LogP contribution in [0.4, 0.5) is 4.79 Å². The minimum Gasteiger partial charge on any atom is -0.507 e. The second-order valence-electron chi connectivity index (χ2n) is 11.4. The van der Waals surface area contributed by atoms with Gasteiger partial charge in [0.05, 0.1) is 16.6 Å². The molecule has 0 fully saturated rings. The number of hydrogen-bond donors (Lipinski definition) is 4. The number of phenols is 1. The average Bonchev–Trinajstić information content (AvgIpc) is 2.88. The topological polar surface area (TPSA) is 122 Å². The summed E-state index contributed by atoms with van der Waals surface area (Å²) in [5.41, 5.74) is 5.24. The first-order chi connectivity index (χ1) is 19.3. The Morgan fingerprint density at radius 3 is 2.61 bits per heavy atom. The fourth-order valence-corrected chi connectivity index (χ4v) is 5.08. The van der Waals surface area contributed by atoms with Gasteiger partial charge in [-0.25, -0.2) is 4.79 Å². The van der Waals surface area contributed by atoms with Crippen LogP contribution in [-0.2, 0) is 9.53 Å². The van der Waals surface area contributed by atoms with Crippen LogP contribution in [0.15, 0.2) is 71.3 Å². The van der Waals surface area contributed by atoms with E-state index in [2.05, 4.69) is 59.1 Å². The molecule has 41 heavy (non-hydrogen) atoms. The van der Waals surface area contributed by atoms with E-state index < -0.39 is 17.6 Å². The summed E-state index contributed by atoms with van der Waals surface area (Å²) in [5, 5.41) is 23.9. The van der Waals surface area contributed by atoms with E-state index in [1.54, 1.807) is 36.4 Å². The largest absolute Gasteiger partial charge is 0.507 e. The maximum atomic E-state index is 12.6. The highest BCUT2D eigenvalue weighted by molar-refractivity contribution is 9.10. The summed E-state index contributed by atoms with van der Waals surface area (Å²) in [7, 11) is 0. The number of allylic oxidation sites excluding steroid dienone is 4. The van der Waals surface area contributed by atoms with Gasteiger partial charge in [0.2, 0.25) is 5.91 Å². The second kappa shape index (κ2) is 16.2. The molecule has 222 valence electrons. The third-order valence-corrected chi connectivity index (χ3v) is 7.95. The molecular formula is C33H43BrN2O5. The van der Waals surface area contributed by atoms with Crippen LogP contribution in [-0.4, -0.2) is 34.4 Å². The van der Waals surface area contributed by atoms with Gasteiger partial charge in [-0.05, 0) is 82.8 Å². The number of benzene rings is 1. The Hall–Kier alpha value is -3.28. The average molecular weight is 628 g/mol. The van der Waals surface area contributed by atoms with Crippen molar-refractivity contribution in [2.75, 3.05) is 0 Å². The molecule has 1 aromatic rings. The summed E-state index contributed by atoms with van der Waals surface area (Å²) in [6, 6.07) is 4.72. The number of aliphatic hydroxyl groups is 1. The lowest BCUT2D eigenvalue weighted by molar-refractivity contribution is -0.117. The Morgan fingerprint density at radius 1 is 1.20 bits per heavy atom. The van der Waals surface area contributed by atoms with Gasteiger partial charge in [0.1, 0.15) is 11.9 Å². The predicted molar refractivity (Wildman–Crippen MR) is 167 cm³/mol. The lowest BCUT2D eigenvalue weighted by Gasteiger charge is -2.28. The number of hydrogen-bond acceptors (Lipinski definition) is 5. The molecule has 1 heterocycles. The van der Waals surface area contributed by atoms with Crippen LogP contribution >= 0.6 is 15.9 Å². The number of carbonyl (C=O) groups is 2.